The summed E-state index contributed by atoms with van der Waals surface area (Å²) >= 11 is 0. The minimum Gasteiger partial charge on any atom is -0.508 e. The van der Waals surface area contributed by atoms with Gasteiger partial charge in [-0.05, 0) is 23.6 Å². The summed E-state index contributed by atoms with van der Waals surface area (Å²) < 4.78 is 23.0. The lowest BCUT2D eigenvalue weighted by Gasteiger charge is -2.28. The fourth-order valence-electron chi connectivity index (χ4n) is 2.29. The molecule has 2 aliphatic rings. The van der Waals surface area contributed by atoms with Crippen LogP contribution >= 0.6 is 7.67 Å². The highest BCUT2D eigenvalue weighted by Gasteiger charge is 2.50. The molecule has 1 N–H and O–H groups in total. The summed E-state index contributed by atoms with van der Waals surface area (Å²) in [6.45, 7) is 7.54. The first-order valence-electron chi connectivity index (χ1n) is 7.09. The van der Waals surface area contributed by atoms with Gasteiger partial charge in [-0.1, -0.05) is 26.0 Å². The third kappa shape index (κ3) is 2.77. The van der Waals surface area contributed by atoms with Crippen LogP contribution in [0.15, 0.2) is 24.3 Å². The van der Waals surface area contributed by atoms with Gasteiger partial charge in [0, 0.05) is 26.2 Å². The molecule has 2 heterocycles. The molecule has 0 bridgehead atoms. The van der Waals surface area contributed by atoms with Crippen molar-refractivity contribution in [3.05, 3.63) is 29.8 Å². The first-order chi connectivity index (χ1) is 9.50. The third-order valence-electron chi connectivity index (χ3n) is 3.64. The van der Waals surface area contributed by atoms with E-state index in [1.807, 2.05) is 21.5 Å². The lowest BCUT2D eigenvalue weighted by Crippen LogP contribution is -2.16. The zero-order chi connectivity index (χ0) is 14.3. The van der Waals surface area contributed by atoms with Crippen LogP contribution in [0.1, 0.15) is 25.5 Å². The summed E-state index contributed by atoms with van der Waals surface area (Å²) in [5.41, 5.74) is 0.960. The largest absolute Gasteiger partial charge is 0.508 e. The van der Waals surface area contributed by atoms with Crippen molar-refractivity contribution in [1.82, 2.24) is 9.34 Å². The van der Waals surface area contributed by atoms with Crippen molar-refractivity contribution in [2.24, 2.45) is 5.92 Å². The van der Waals surface area contributed by atoms with E-state index < -0.39 is 7.67 Å². The fourth-order valence-corrected chi connectivity index (χ4v) is 4.76. The van der Waals surface area contributed by atoms with Crippen molar-refractivity contribution in [2.75, 3.05) is 26.2 Å². The van der Waals surface area contributed by atoms with Crippen molar-refractivity contribution in [3.8, 4) is 5.75 Å². The Labute approximate surface area is 119 Å². The molecule has 20 heavy (non-hydrogen) atoms. The average Bonchev–Trinajstić information content (AvgIpc) is 3.29. The molecule has 3 rings (SSSR count). The maximum absolute atomic E-state index is 13.1. The number of aromatic hydroxyl groups is 1. The zero-order valence-electron chi connectivity index (χ0n) is 11.9. The molecule has 0 aromatic heterocycles. The number of phenols is 1. The van der Waals surface area contributed by atoms with Crippen LogP contribution in [0, 0.1) is 5.92 Å². The van der Waals surface area contributed by atoms with Gasteiger partial charge in [0.2, 0.25) is 0 Å². The van der Waals surface area contributed by atoms with Gasteiger partial charge in [0.15, 0.2) is 0 Å². The number of phenolic OH excluding ortho intramolecular Hbond substituents is 1. The molecule has 0 amide bonds. The smallest absolute Gasteiger partial charge is 0.346 e. The van der Waals surface area contributed by atoms with Gasteiger partial charge in [0.05, 0.1) is 6.10 Å². The zero-order valence-corrected chi connectivity index (χ0v) is 12.8. The predicted octanol–water partition coefficient (Wildman–Crippen LogP) is 2.85. The van der Waals surface area contributed by atoms with E-state index in [1.165, 1.54) is 0 Å². The van der Waals surface area contributed by atoms with E-state index in [4.69, 9.17) is 4.52 Å². The van der Waals surface area contributed by atoms with Crippen LogP contribution in [0.2, 0.25) is 0 Å². The lowest BCUT2D eigenvalue weighted by atomic mass is 9.99. The van der Waals surface area contributed by atoms with Crippen molar-refractivity contribution in [2.45, 2.75) is 20.0 Å². The number of rotatable bonds is 6. The Morgan fingerprint density at radius 1 is 1.10 bits per heavy atom. The Morgan fingerprint density at radius 3 is 2.00 bits per heavy atom. The SMILES string of the molecule is CC(C)C(OP(=O)(N1CC1)N1CC1)c1ccc(O)cc1. The molecule has 2 aliphatic heterocycles. The van der Waals surface area contributed by atoms with Crippen molar-refractivity contribution >= 4 is 7.67 Å². The number of benzene rings is 1. The van der Waals surface area contributed by atoms with E-state index in [9.17, 15) is 9.67 Å². The van der Waals surface area contributed by atoms with Crippen molar-refractivity contribution in [1.29, 1.82) is 0 Å². The molecule has 5 nitrogen and oxygen atoms in total. The normalized spacial score (nSPS) is 21.1. The summed E-state index contributed by atoms with van der Waals surface area (Å²) in [5.74, 6) is 0.448. The fraction of sp³-hybridized carbons (Fsp3) is 0.571. The second-order valence-corrected chi connectivity index (χ2v) is 8.08. The Kier molecular flexibility index (Phi) is 3.63. The average molecular weight is 296 g/mol. The molecule has 1 unspecified atom stereocenters. The summed E-state index contributed by atoms with van der Waals surface area (Å²) in [5, 5.41) is 9.39. The van der Waals surface area contributed by atoms with Gasteiger partial charge < -0.3 is 5.11 Å². The van der Waals surface area contributed by atoms with Crippen LogP contribution < -0.4 is 0 Å². The van der Waals surface area contributed by atoms with E-state index in [-0.39, 0.29) is 17.8 Å². The van der Waals surface area contributed by atoms with Crippen LogP contribution in [0.4, 0.5) is 0 Å². The van der Waals surface area contributed by atoms with Gasteiger partial charge in [-0.3, -0.25) is 9.09 Å². The molecule has 6 heteroatoms. The molecule has 0 radical (unpaired) electrons. The van der Waals surface area contributed by atoms with Crippen LogP contribution in [-0.4, -0.2) is 40.6 Å². The van der Waals surface area contributed by atoms with Gasteiger partial charge in [-0.25, -0.2) is 9.34 Å². The van der Waals surface area contributed by atoms with Crippen LogP contribution in [0.25, 0.3) is 0 Å². The molecule has 2 fully saturated rings. The number of hydrogen-bond donors (Lipinski definition) is 1. The maximum Gasteiger partial charge on any atom is 0.346 e. The summed E-state index contributed by atoms with van der Waals surface area (Å²) in [7, 11) is -2.82. The van der Waals surface area contributed by atoms with Crippen LogP contribution in [0.3, 0.4) is 0 Å². The quantitative estimate of drug-likeness (QED) is 0.646. The van der Waals surface area contributed by atoms with Gasteiger partial charge >= 0.3 is 7.67 Å². The lowest BCUT2D eigenvalue weighted by molar-refractivity contribution is 0.137. The first-order valence-corrected chi connectivity index (χ1v) is 8.62. The van der Waals surface area contributed by atoms with E-state index in [0.29, 0.717) is 0 Å². The standard InChI is InChI=1S/C14H21N2O3P/c1-11(2)14(12-3-5-13(17)6-4-12)19-20(18,15-7-8-15)16-9-10-16/h3-6,11,14,17H,7-10H2,1-2H3. The molecule has 0 saturated carbocycles. The molecule has 2 saturated heterocycles. The summed E-state index contributed by atoms with van der Waals surface area (Å²) in [4.78, 5) is 0. The summed E-state index contributed by atoms with van der Waals surface area (Å²) in [6.07, 6.45) is -0.220. The minimum atomic E-state index is -2.82. The predicted molar refractivity (Wildman–Crippen MR) is 77.5 cm³/mol. The second kappa shape index (κ2) is 5.15. The van der Waals surface area contributed by atoms with Gasteiger partial charge in [-0.2, -0.15) is 0 Å². The molecular formula is C14H21N2O3P. The topological polar surface area (TPSA) is 52.5 Å². The Hall–Kier alpha value is -0.870. The highest BCUT2D eigenvalue weighted by molar-refractivity contribution is 7.54. The Morgan fingerprint density at radius 2 is 1.60 bits per heavy atom. The summed E-state index contributed by atoms with van der Waals surface area (Å²) in [6, 6.07) is 6.98. The third-order valence-corrected chi connectivity index (χ3v) is 6.37. The molecule has 1 atom stereocenters. The highest BCUT2D eigenvalue weighted by Crippen LogP contribution is 2.63. The monoisotopic (exact) mass is 296 g/mol. The van der Waals surface area contributed by atoms with Crippen molar-refractivity contribution in [3.63, 3.8) is 0 Å². The van der Waals surface area contributed by atoms with Gasteiger partial charge in [0.25, 0.3) is 0 Å². The van der Waals surface area contributed by atoms with E-state index >= 15 is 0 Å². The molecule has 0 aliphatic carbocycles. The van der Waals surface area contributed by atoms with Gasteiger partial charge in [0.1, 0.15) is 5.75 Å². The molecule has 1 aromatic rings. The van der Waals surface area contributed by atoms with Crippen LogP contribution in [0.5, 0.6) is 5.75 Å². The molecule has 1 aromatic carbocycles. The first kappa shape index (κ1) is 14.1. The Bertz CT molecular complexity index is 508. The van der Waals surface area contributed by atoms with Gasteiger partial charge in [-0.15, -0.1) is 0 Å². The number of hydrogen-bond acceptors (Lipinski definition) is 3. The van der Waals surface area contributed by atoms with E-state index in [0.717, 1.165) is 31.7 Å². The molecule has 0 spiro atoms. The Balaban J connectivity index is 1.83. The second-order valence-electron chi connectivity index (χ2n) is 5.76. The molecular weight excluding hydrogens is 275 g/mol. The number of nitrogens with zero attached hydrogens (tertiary/aromatic N) is 2. The van der Waals surface area contributed by atoms with E-state index in [2.05, 4.69) is 13.8 Å². The molecule has 110 valence electrons. The highest BCUT2D eigenvalue weighted by atomic mass is 31.2. The minimum absolute atomic E-state index is 0.216. The van der Waals surface area contributed by atoms with E-state index in [1.54, 1.807) is 12.1 Å². The van der Waals surface area contributed by atoms with Crippen molar-refractivity contribution < 1.29 is 14.2 Å². The maximum atomic E-state index is 13.1. The van der Waals surface area contributed by atoms with Crippen LogP contribution in [-0.2, 0) is 9.09 Å².